The van der Waals surface area contributed by atoms with Crippen molar-refractivity contribution in [2.24, 2.45) is 5.73 Å². The summed E-state index contributed by atoms with van der Waals surface area (Å²) in [6, 6.07) is 5.19. The lowest BCUT2D eigenvalue weighted by molar-refractivity contribution is 0.0996. The Bertz CT molecular complexity index is 781. The molecule has 24 heavy (non-hydrogen) atoms. The highest BCUT2D eigenvalue weighted by molar-refractivity contribution is 9.10. The average Bonchev–Trinajstić information content (AvgIpc) is 2.51. The first-order valence-electron chi connectivity index (χ1n) is 7.14. The third-order valence-corrected chi connectivity index (χ3v) is 4.12. The number of methoxy groups -OCH3 is 1. The highest BCUT2D eigenvalue weighted by Crippen LogP contribution is 2.33. The molecule has 2 aromatic rings. The van der Waals surface area contributed by atoms with Crippen molar-refractivity contribution in [3.05, 3.63) is 57.1 Å². The maximum atomic E-state index is 14.0. The van der Waals surface area contributed by atoms with Gasteiger partial charge in [-0.25, -0.2) is 8.78 Å². The number of primary amides is 1. The maximum Gasteiger partial charge on any atom is 0.252 e. The lowest BCUT2D eigenvalue weighted by Crippen LogP contribution is -2.14. The summed E-state index contributed by atoms with van der Waals surface area (Å²) in [7, 11) is 1.36. The van der Waals surface area contributed by atoms with E-state index in [1.54, 1.807) is 13.0 Å². The molecule has 0 aromatic heterocycles. The second-order valence-corrected chi connectivity index (χ2v) is 5.80. The zero-order valence-electron chi connectivity index (χ0n) is 13.2. The van der Waals surface area contributed by atoms with Gasteiger partial charge in [-0.2, -0.15) is 0 Å². The molecule has 0 aliphatic rings. The SMILES string of the molecule is CCOc1cc(Cc2cc(F)cc(C(N)=O)c2OC)cc(F)c1Br. The van der Waals surface area contributed by atoms with E-state index in [1.807, 2.05) is 0 Å². The van der Waals surface area contributed by atoms with Crippen LogP contribution in [0.25, 0.3) is 0 Å². The Labute approximate surface area is 146 Å². The summed E-state index contributed by atoms with van der Waals surface area (Å²) in [6.45, 7) is 2.16. The molecule has 0 radical (unpaired) electrons. The fourth-order valence-electron chi connectivity index (χ4n) is 2.41. The van der Waals surface area contributed by atoms with Crippen molar-refractivity contribution in [3.8, 4) is 11.5 Å². The van der Waals surface area contributed by atoms with E-state index >= 15 is 0 Å². The molecule has 0 bridgehead atoms. The standard InChI is InChI=1S/C17H16BrF2NO3/c1-3-24-14-6-9(5-13(20)15(14)18)4-10-7-11(19)8-12(17(21)22)16(10)23-2/h5-8H,3-4H2,1-2H3,(H2,21,22). The highest BCUT2D eigenvalue weighted by Gasteiger charge is 2.18. The van der Waals surface area contributed by atoms with Gasteiger partial charge in [0.1, 0.15) is 23.1 Å². The van der Waals surface area contributed by atoms with Crippen LogP contribution < -0.4 is 15.2 Å². The predicted molar refractivity (Wildman–Crippen MR) is 89.5 cm³/mol. The first kappa shape index (κ1) is 18.2. The molecule has 0 unspecified atom stereocenters. The quantitative estimate of drug-likeness (QED) is 0.802. The molecule has 2 aromatic carbocycles. The molecule has 4 nitrogen and oxygen atoms in total. The highest BCUT2D eigenvalue weighted by atomic mass is 79.9. The molecule has 128 valence electrons. The Morgan fingerprint density at radius 1 is 1.25 bits per heavy atom. The number of ether oxygens (including phenoxy) is 2. The van der Waals surface area contributed by atoms with Gasteiger partial charge in [0.25, 0.3) is 5.91 Å². The molecule has 0 atom stereocenters. The first-order valence-corrected chi connectivity index (χ1v) is 7.93. The summed E-state index contributed by atoms with van der Waals surface area (Å²) in [4.78, 5) is 11.5. The van der Waals surface area contributed by atoms with E-state index in [0.717, 1.165) is 6.07 Å². The number of benzene rings is 2. The number of hydrogen-bond acceptors (Lipinski definition) is 3. The Hall–Kier alpha value is -2.15. The van der Waals surface area contributed by atoms with Crippen molar-refractivity contribution in [2.45, 2.75) is 13.3 Å². The first-order chi connectivity index (χ1) is 11.4. The smallest absolute Gasteiger partial charge is 0.252 e. The Morgan fingerprint density at radius 3 is 2.54 bits per heavy atom. The largest absolute Gasteiger partial charge is 0.496 e. The van der Waals surface area contributed by atoms with Gasteiger partial charge in [-0.15, -0.1) is 0 Å². The molecule has 1 amide bonds. The van der Waals surface area contributed by atoms with Crippen molar-refractivity contribution >= 4 is 21.8 Å². The maximum absolute atomic E-state index is 14.0. The summed E-state index contributed by atoms with van der Waals surface area (Å²) in [5.41, 5.74) is 6.12. The molecule has 0 saturated carbocycles. The molecule has 0 fully saturated rings. The second kappa shape index (κ2) is 7.61. The summed E-state index contributed by atoms with van der Waals surface area (Å²) >= 11 is 3.13. The lowest BCUT2D eigenvalue weighted by atomic mass is 10.00. The van der Waals surface area contributed by atoms with Crippen molar-refractivity contribution in [1.29, 1.82) is 0 Å². The summed E-state index contributed by atoms with van der Waals surface area (Å²) in [5.74, 6) is -1.41. The number of carbonyl (C=O) groups excluding carboxylic acids is 1. The number of nitrogens with two attached hydrogens (primary N) is 1. The Morgan fingerprint density at radius 2 is 1.96 bits per heavy atom. The van der Waals surface area contributed by atoms with Gasteiger partial charge in [0.2, 0.25) is 0 Å². The molecule has 0 aliphatic heterocycles. The predicted octanol–water partition coefficient (Wildman–Crippen LogP) is 3.82. The van der Waals surface area contributed by atoms with E-state index in [4.69, 9.17) is 15.2 Å². The van der Waals surface area contributed by atoms with Crippen LogP contribution >= 0.6 is 15.9 Å². The number of halogens is 3. The molecule has 0 heterocycles. The minimum absolute atomic E-state index is 0.0601. The minimum atomic E-state index is -0.801. The van der Waals surface area contributed by atoms with Crippen molar-refractivity contribution in [1.82, 2.24) is 0 Å². The van der Waals surface area contributed by atoms with E-state index in [0.29, 0.717) is 23.5 Å². The number of rotatable bonds is 6. The van der Waals surface area contributed by atoms with Crippen LogP contribution in [0.5, 0.6) is 11.5 Å². The number of hydrogen-bond donors (Lipinski definition) is 1. The van der Waals surface area contributed by atoms with Crippen LogP contribution in [0, 0.1) is 11.6 Å². The summed E-state index contributed by atoms with van der Waals surface area (Å²) < 4.78 is 38.6. The average molecular weight is 400 g/mol. The van der Waals surface area contributed by atoms with Gasteiger partial charge in [0.05, 0.1) is 23.8 Å². The van der Waals surface area contributed by atoms with E-state index in [-0.39, 0.29) is 22.2 Å². The molecule has 0 saturated heterocycles. The minimum Gasteiger partial charge on any atom is -0.496 e. The molecule has 2 rings (SSSR count). The Kier molecular flexibility index (Phi) is 5.77. The van der Waals surface area contributed by atoms with E-state index in [9.17, 15) is 13.6 Å². The van der Waals surface area contributed by atoms with Crippen LogP contribution in [0.3, 0.4) is 0 Å². The van der Waals surface area contributed by atoms with Crippen molar-refractivity contribution in [2.75, 3.05) is 13.7 Å². The molecule has 0 aliphatic carbocycles. The van der Waals surface area contributed by atoms with Crippen LogP contribution in [0.4, 0.5) is 8.78 Å². The fourth-order valence-corrected chi connectivity index (χ4v) is 2.75. The van der Waals surface area contributed by atoms with Crippen LogP contribution in [-0.4, -0.2) is 19.6 Å². The number of carbonyl (C=O) groups is 1. The van der Waals surface area contributed by atoms with Crippen molar-refractivity contribution < 1.29 is 23.0 Å². The summed E-state index contributed by atoms with van der Waals surface area (Å²) in [5, 5.41) is 0. The van der Waals surface area contributed by atoms with Gasteiger partial charge >= 0.3 is 0 Å². The third kappa shape index (κ3) is 3.84. The van der Waals surface area contributed by atoms with Gasteiger partial charge in [-0.1, -0.05) is 0 Å². The second-order valence-electron chi connectivity index (χ2n) is 5.01. The summed E-state index contributed by atoms with van der Waals surface area (Å²) in [6.07, 6.45) is 0.144. The molecule has 2 N–H and O–H groups in total. The van der Waals surface area contributed by atoms with Gasteiger partial charge in [0, 0.05) is 12.0 Å². The van der Waals surface area contributed by atoms with Crippen molar-refractivity contribution in [3.63, 3.8) is 0 Å². The molecular formula is C17H16BrF2NO3. The number of amides is 1. The third-order valence-electron chi connectivity index (χ3n) is 3.35. The van der Waals surface area contributed by atoms with E-state index in [1.165, 1.54) is 19.2 Å². The monoisotopic (exact) mass is 399 g/mol. The van der Waals surface area contributed by atoms with Crippen LogP contribution in [0.2, 0.25) is 0 Å². The van der Waals surface area contributed by atoms with Crippen LogP contribution in [0.1, 0.15) is 28.4 Å². The van der Waals surface area contributed by atoms with Gasteiger partial charge in [0.15, 0.2) is 0 Å². The van der Waals surface area contributed by atoms with E-state index in [2.05, 4.69) is 15.9 Å². The van der Waals surface area contributed by atoms with Gasteiger partial charge in [-0.05, 0) is 52.7 Å². The zero-order chi connectivity index (χ0) is 17.9. The Balaban J connectivity index is 2.50. The molecule has 7 heteroatoms. The normalized spacial score (nSPS) is 10.5. The lowest BCUT2D eigenvalue weighted by Gasteiger charge is -2.14. The zero-order valence-corrected chi connectivity index (χ0v) is 14.7. The van der Waals surface area contributed by atoms with Gasteiger partial charge in [-0.3, -0.25) is 4.79 Å². The van der Waals surface area contributed by atoms with E-state index < -0.39 is 17.5 Å². The van der Waals surface area contributed by atoms with Crippen LogP contribution in [-0.2, 0) is 6.42 Å². The molecular weight excluding hydrogens is 384 g/mol. The topological polar surface area (TPSA) is 61.5 Å². The molecule has 0 spiro atoms. The van der Waals surface area contributed by atoms with Crippen LogP contribution in [0.15, 0.2) is 28.7 Å². The van der Waals surface area contributed by atoms with Gasteiger partial charge < -0.3 is 15.2 Å². The fraction of sp³-hybridized carbons (Fsp3) is 0.235.